The van der Waals surface area contributed by atoms with Crippen molar-refractivity contribution in [1.29, 1.82) is 0 Å². The summed E-state index contributed by atoms with van der Waals surface area (Å²) in [6, 6.07) is 12.4. The second kappa shape index (κ2) is 11.2. The van der Waals surface area contributed by atoms with Gasteiger partial charge in [-0.1, -0.05) is 18.2 Å². The zero-order chi connectivity index (χ0) is 24.0. The van der Waals surface area contributed by atoms with E-state index in [-0.39, 0.29) is 17.4 Å². The van der Waals surface area contributed by atoms with Crippen LogP contribution in [0.25, 0.3) is 6.08 Å². The van der Waals surface area contributed by atoms with Crippen molar-refractivity contribution in [2.24, 2.45) is 5.73 Å². The highest BCUT2D eigenvalue weighted by Crippen LogP contribution is 2.37. The Morgan fingerprint density at radius 2 is 1.91 bits per heavy atom. The van der Waals surface area contributed by atoms with Crippen LogP contribution in [-0.4, -0.2) is 47.6 Å². The average Bonchev–Trinajstić information content (AvgIpc) is 3.01. The maximum absolute atomic E-state index is 12.5. The summed E-state index contributed by atoms with van der Waals surface area (Å²) < 4.78 is 12.0. The van der Waals surface area contributed by atoms with Gasteiger partial charge < -0.3 is 20.5 Å². The highest BCUT2D eigenvalue weighted by Gasteiger charge is 2.35. The molecule has 0 radical (unpaired) electrons. The molecule has 0 aliphatic carbocycles. The van der Waals surface area contributed by atoms with Crippen LogP contribution in [0.2, 0.25) is 0 Å². The molecule has 0 bridgehead atoms. The summed E-state index contributed by atoms with van der Waals surface area (Å²) in [5.41, 5.74) is 6.35. The number of nitrogens with zero attached hydrogens (tertiary/aromatic N) is 1. The molecule has 2 aromatic rings. The number of rotatable bonds is 9. The van der Waals surface area contributed by atoms with Crippen LogP contribution in [0.3, 0.4) is 0 Å². The maximum Gasteiger partial charge on any atom is 0.294 e. The Kier molecular flexibility index (Phi) is 8.33. The molecular weight excluding hydrogens is 561 g/mol. The molecule has 172 valence electrons. The number of amides is 4. The minimum atomic E-state index is -0.774. The number of carbonyl (C=O) groups is 4. The van der Waals surface area contributed by atoms with E-state index in [1.165, 1.54) is 6.08 Å². The molecule has 11 heteroatoms. The van der Waals surface area contributed by atoms with Crippen molar-refractivity contribution in [1.82, 2.24) is 4.90 Å². The normalized spacial score (nSPS) is 14.5. The van der Waals surface area contributed by atoms with Crippen molar-refractivity contribution in [3.63, 3.8) is 0 Å². The Hall–Kier alpha value is -3.06. The summed E-state index contributed by atoms with van der Waals surface area (Å²) in [4.78, 5) is 48.8. The number of ether oxygens (including phenoxy) is 2. The second-order valence-electron chi connectivity index (χ2n) is 6.70. The summed E-state index contributed by atoms with van der Waals surface area (Å²) >= 11 is 2.77. The number of hydrogen-bond donors (Lipinski definition) is 2. The van der Waals surface area contributed by atoms with Gasteiger partial charge in [0.2, 0.25) is 5.91 Å². The number of nitrogens with two attached hydrogens (primary N) is 1. The molecule has 1 heterocycles. The molecule has 0 spiro atoms. The van der Waals surface area contributed by atoms with Crippen LogP contribution in [0.15, 0.2) is 47.4 Å². The number of imide groups is 1. The molecular formula is C22H20IN3O6S. The minimum absolute atomic E-state index is 0.162. The van der Waals surface area contributed by atoms with E-state index in [1.807, 2.05) is 40.8 Å². The van der Waals surface area contributed by atoms with Gasteiger partial charge in [0.1, 0.15) is 6.54 Å². The van der Waals surface area contributed by atoms with Crippen molar-refractivity contribution < 1.29 is 28.7 Å². The zero-order valence-corrected chi connectivity index (χ0v) is 20.5. The van der Waals surface area contributed by atoms with Crippen molar-refractivity contribution in [3.05, 3.63) is 56.5 Å². The third-order valence-corrected chi connectivity index (χ3v) is 5.93. The second-order valence-corrected chi connectivity index (χ2v) is 8.86. The number of benzene rings is 2. The fourth-order valence-electron chi connectivity index (χ4n) is 2.87. The molecule has 1 saturated heterocycles. The van der Waals surface area contributed by atoms with Crippen LogP contribution in [0, 0.1) is 3.57 Å². The zero-order valence-electron chi connectivity index (χ0n) is 17.5. The van der Waals surface area contributed by atoms with Crippen LogP contribution >= 0.6 is 34.4 Å². The molecule has 1 fully saturated rings. The Morgan fingerprint density at radius 1 is 1.18 bits per heavy atom. The highest BCUT2D eigenvalue weighted by molar-refractivity contribution is 14.1. The summed E-state index contributed by atoms with van der Waals surface area (Å²) in [5.74, 6) is -0.912. The predicted octanol–water partition coefficient (Wildman–Crippen LogP) is 3.23. The van der Waals surface area contributed by atoms with E-state index in [9.17, 15) is 19.2 Å². The minimum Gasteiger partial charge on any atom is -0.490 e. The summed E-state index contributed by atoms with van der Waals surface area (Å²) in [6.07, 6.45) is 1.53. The number of thioether (sulfide) groups is 1. The lowest BCUT2D eigenvalue weighted by Crippen LogP contribution is -2.36. The lowest BCUT2D eigenvalue weighted by atomic mass is 10.2. The van der Waals surface area contributed by atoms with E-state index in [0.717, 1.165) is 16.7 Å². The number of hydrogen-bond acceptors (Lipinski definition) is 7. The summed E-state index contributed by atoms with van der Waals surface area (Å²) in [5, 5.41) is 2.18. The van der Waals surface area contributed by atoms with Crippen molar-refractivity contribution in [2.45, 2.75) is 6.92 Å². The number of nitrogens with one attached hydrogen (secondary N) is 1. The van der Waals surface area contributed by atoms with E-state index in [0.29, 0.717) is 32.9 Å². The first-order valence-electron chi connectivity index (χ1n) is 9.76. The average molecular weight is 581 g/mol. The summed E-state index contributed by atoms with van der Waals surface area (Å²) in [7, 11) is 0. The smallest absolute Gasteiger partial charge is 0.294 e. The number of anilines is 1. The number of para-hydroxylation sites is 1. The van der Waals surface area contributed by atoms with Gasteiger partial charge in [0.25, 0.3) is 17.1 Å². The molecule has 2 aromatic carbocycles. The topological polar surface area (TPSA) is 128 Å². The number of primary amides is 1. The van der Waals surface area contributed by atoms with Gasteiger partial charge in [-0.15, -0.1) is 0 Å². The van der Waals surface area contributed by atoms with Gasteiger partial charge >= 0.3 is 0 Å². The van der Waals surface area contributed by atoms with Crippen LogP contribution in [0.5, 0.6) is 11.5 Å². The standard InChI is InChI=1S/C22H20IN3O6S/c1-2-31-16-9-13(10-17-21(29)26(11-18(24)27)22(30)33-17)8-15(23)20(16)32-12-19(28)25-14-6-4-3-5-7-14/h3-10H,2,11-12H2,1H3,(H2,24,27)(H,25,28)/b17-10-. The van der Waals surface area contributed by atoms with Crippen molar-refractivity contribution in [3.8, 4) is 11.5 Å². The summed E-state index contributed by atoms with van der Waals surface area (Å²) in [6.45, 7) is 1.46. The first-order chi connectivity index (χ1) is 15.8. The Bertz CT molecular complexity index is 1120. The highest BCUT2D eigenvalue weighted by atomic mass is 127. The Morgan fingerprint density at radius 3 is 2.58 bits per heavy atom. The Balaban J connectivity index is 1.77. The molecule has 0 saturated carbocycles. The van der Waals surface area contributed by atoms with Crippen LogP contribution in [0.1, 0.15) is 12.5 Å². The molecule has 33 heavy (non-hydrogen) atoms. The fourth-order valence-corrected chi connectivity index (χ4v) is 4.49. The quantitative estimate of drug-likeness (QED) is 0.344. The molecule has 3 N–H and O–H groups in total. The molecule has 0 atom stereocenters. The molecule has 0 unspecified atom stereocenters. The molecule has 9 nitrogen and oxygen atoms in total. The van der Waals surface area contributed by atoms with E-state index < -0.39 is 23.6 Å². The third kappa shape index (κ3) is 6.48. The van der Waals surface area contributed by atoms with Gasteiger partial charge in [0.15, 0.2) is 18.1 Å². The van der Waals surface area contributed by atoms with Gasteiger partial charge in [-0.05, 0) is 77.2 Å². The van der Waals surface area contributed by atoms with E-state index in [2.05, 4.69) is 5.32 Å². The van der Waals surface area contributed by atoms with Crippen molar-refractivity contribution >= 4 is 69.1 Å². The van der Waals surface area contributed by atoms with E-state index in [1.54, 1.807) is 31.2 Å². The lowest BCUT2D eigenvalue weighted by Gasteiger charge is -2.15. The monoisotopic (exact) mass is 581 g/mol. The van der Waals surface area contributed by atoms with E-state index >= 15 is 0 Å². The first kappa shape index (κ1) is 24.6. The third-order valence-electron chi connectivity index (χ3n) is 4.22. The van der Waals surface area contributed by atoms with E-state index in [4.69, 9.17) is 15.2 Å². The number of halogens is 1. The fraction of sp³-hybridized carbons (Fsp3) is 0.182. The van der Waals surface area contributed by atoms with Crippen LogP contribution in [0.4, 0.5) is 10.5 Å². The molecule has 1 aliphatic rings. The largest absolute Gasteiger partial charge is 0.490 e. The number of carbonyl (C=O) groups excluding carboxylic acids is 4. The lowest BCUT2D eigenvalue weighted by molar-refractivity contribution is -0.127. The first-order valence-corrected chi connectivity index (χ1v) is 11.7. The van der Waals surface area contributed by atoms with Gasteiger partial charge in [0, 0.05) is 5.69 Å². The molecule has 0 aromatic heterocycles. The Labute approximate surface area is 207 Å². The SMILES string of the molecule is CCOc1cc(/C=C2\SC(=O)N(CC(N)=O)C2=O)cc(I)c1OCC(=O)Nc1ccccc1. The molecule has 3 rings (SSSR count). The molecule has 4 amide bonds. The maximum atomic E-state index is 12.5. The van der Waals surface area contributed by atoms with Gasteiger partial charge in [-0.2, -0.15) is 0 Å². The predicted molar refractivity (Wildman–Crippen MR) is 133 cm³/mol. The van der Waals surface area contributed by atoms with Gasteiger partial charge in [-0.25, -0.2) is 0 Å². The van der Waals surface area contributed by atoms with Crippen LogP contribution in [-0.2, 0) is 14.4 Å². The molecule has 1 aliphatic heterocycles. The van der Waals surface area contributed by atoms with Gasteiger partial charge in [0.05, 0.1) is 15.1 Å². The van der Waals surface area contributed by atoms with Crippen LogP contribution < -0.4 is 20.5 Å². The van der Waals surface area contributed by atoms with Crippen molar-refractivity contribution in [2.75, 3.05) is 25.1 Å². The van der Waals surface area contributed by atoms with Gasteiger partial charge in [-0.3, -0.25) is 24.1 Å².